The first kappa shape index (κ1) is 14.1. The summed E-state index contributed by atoms with van der Waals surface area (Å²) in [6, 6.07) is 0.103. The maximum Gasteiger partial charge on any atom is 0.223 e. The van der Waals surface area contributed by atoms with Gasteiger partial charge >= 0.3 is 0 Å². The topological polar surface area (TPSA) is 37.4 Å². The van der Waals surface area contributed by atoms with Crippen molar-refractivity contribution >= 4 is 11.7 Å². The van der Waals surface area contributed by atoms with Gasteiger partial charge in [-0.15, -0.1) is 0 Å². The Labute approximate surface area is 92.8 Å². The predicted molar refractivity (Wildman–Crippen MR) is 61.6 cm³/mol. The van der Waals surface area contributed by atoms with Crippen molar-refractivity contribution in [1.29, 1.82) is 0 Å². The fourth-order valence-electron chi connectivity index (χ4n) is 1.27. The lowest BCUT2D eigenvalue weighted by Crippen LogP contribution is -2.41. The van der Waals surface area contributed by atoms with Crippen molar-refractivity contribution in [3.05, 3.63) is 0 Å². The van der Waals surface area contributed by atoms with Crippen molar-refractivity contribution in [3.8, 4) is 0 Å². The standard InChI is InChI=1S/C12H23NO2/c1-6-7-12(15)13(10(4)5)8-11(14)9(2)3/h9-10H,6-8H2,1-5H3. The zero-order valence-corrected chi connectivity index (χ0v) is 10.5. The molecule has 0 aromatic rings. The molecule has 0 bridgehead atoms. The average Bonchev–Trinajstić information content (AvgIpc) is 2.13. The van der Waals surface area contributed by atoms with E-state index >= 15 is 0 Å². The van der Waals surface area contributed by atoms with Crippen molar-refractivity contribution in [3.63, 3.8) is 0 Å². The molecule has 0 aliphatic rings. The van der Waals surface area contributed by atoms with Crippen LogP contribution < -0.4 is 0 Å². The molecule has 88 valence electrons. The lowest BCUT2D eigenvalue weighted by molar-refractivity contribution is -0.138. The Morgan fingerprint density at radius 2 is 1.67 bits per heavy atom. The highest BCUT2D eigenvalue weighted by Crippen LogP contribution is 2.06. The van der Waals surface area contributed by atoms with E-state index in [2.05, 4.69) is 0 Å². The highest BCUT2D eigenvalue weighted by atomic mass is 16.2. The monoisotopic (exact) mass is 213 g/mol. The minimum Gasteiger partial charge on any atom is -0.333 e. The molecule has 0 unspecified atom stereocenters. The Morgan fingerprint density at radius 3 is 2.00 bits per heavy atom. The van der Waals surface area contributed by atoms with Gasteiger partial charge in [0.25, 0.3) is 0 Å². The van der Waals surface area contributed by atoms with E-state index < -0.39 is 0 Å². The molecule has 3 heteroatoms. The van der Waals surface area contributed by atoms with E-state index in [1.807, 2.05) is 34.6 Å². The van der Waals surface area contributed by atoms with Crippen LogP contribution in [0.15, 0.2) is 0 Å². The van der Waals surface area contributed by atoms with Gasteiger partial charge in [0.15, 0.2) is 5.78 Å². The predicted octanol–water partition coefficient (Wildman–Crippen LogP) is 2.25. The Hall–Kier alpha value is -0.860. The first-order chi connectivity index (χ1) is 6.90. The molecule has 0 aliphatic carbocycles. The van der Waals surface area contributed by atoms with E-state index in [1.54, 1.807) is 4.90 Å². The number of hydrogen-bond donors (Lipinski definition) is 0. The van der Waals surface area contributed by atoms with Crippen LogP contribution in [-0.4, -0.2) is 29.2 Å². The minimum atomic E-state index is 0.000626. The normalized spacial score (nSPS) is 10.9. The van der Waals surface area contributed by atoms with Gasteiger partial charge in [-0.3, -0.25) is 9.59 Å². The van der Waals surface area contributed by atoms with Gasteiger partial charge in [0.05, 0.1) is 6.54 Å². The van der Waals surface area contributed by atoms with Crippen molar-refractivity contribution in [2.75, 3.05) is 6.54 Å². The molecule has 0 rings (SSSR count). The molecule has 0 spiro atoms. The van der Waals surface area contributed by atoms with Crippen molar-refractivity contribution in [2.24, 2.45) is 5.92 Å². The van der Waals surface area contributed by atoms with Gasteiger partial charge in [-0.1, -0.05) is 20.8 Å². The molecule has 0 radical (unpaired) electrons. The summed E-state index contributed by atoms with van der Waals surface area (Å²) < 4.78 is 0. The lowest BCUT2D eigenvalue weighted by Gasteiger charge is -2.26. The summed E-state index contributed by atoms with van der Waals surface area (Å²) >= 11 is 0. The fourth-order valence-corrected chi connectivity index (χ4v) is 1.27. The Kier molecular flexibility index (Phi) is 6.21. The molecule has 0 N–H and O–H groups in total. The van der Waals surface area contributed by atoms with Gasteiger partial charge in [0.2, 0.25) is 5.91 Å². The van der Waals surface area contributed by atoms with Gasteiger partial charge in [-0.05, 0) is 20.3 Å². The molecule has 0 saturated carbocycles. The van der Waals surface area contributed by atoms with Crippen molar-refractivity contribution in [1.82, 2.24) is 4.90 Å². The smallest absolute Gasteiger partial charge is 0.223 e. The van der Waals surface area contributed by atoms with Gasteiger partial charge in [-0.25, -0.2) is 0 Å². The number of carbonyl (C=O) groups is 2. The average molecular weight is 213 g/mol. The fraction of sp³-hybridized carbons (Fsp3) is 0.833. The number of amides is 1. The first-order valence-corrected chi connectivity index (χ1v) is 5.72. The number of nitrogens with zero attached hydrogens (tertiary/aromatic N) is 1. The van der Waals surface area contributed by atoms with Gasteiger partial charge in [0, 0.05) is 18.4 Å². The van der Waals surface area contributed by atoms with Crippen LogP contribution in [0.4, 0.5) is 0 Å². The number of ketones is 1. The lowest BCUT2D eigenvalue weighted by atomic mass is 10.1. The molecule has 15 heavy (non-hydrogen) atoms. The van der Waals surface area contributed by atoms with Crippen LogP contribution in [0.5, 0.6) is 0 Å². The van der Waals surface area contributed by atoms with Crippen LogP contribution in [0, 0.1) is 5.92 Å². The first-order valence-electron chi connectivity index (χ1n) is 5.72. The van der Waals surface area contributed by atoms with Crippen LogP contribution in [0.25, 0.3) is 0 Å². The second-order valence-corrected chi connectivity index (χ2v) is 4.49. The summed E-state index contributed by atoms with van der Waals surface area (Å²) in [6.45, 7) is 9.85. The maximum atomic E-state index is 11.7. The number of Topliss-reactive ketones (excluding diaryl/α,β-unsaturated/α-hetero) is 1. The molecule has 0 heterocycles. The van der Waals surface area contributed by atoms with Crippen LogP contribution in [0.3, 0.4) is 0 Å². The zero-order valence-electron chi connectivity index (χ0n) is 10.5. The molecule has 0 fully saturated rings. The largest absolute Gasteiger partial charge is 0.333 e. The molecule has 0 saturated heterocycles. The zero-order chi connectivity index (χ0) is 12.0. The van der Waals surface area contributed by atoms with E-state index in [4.69, 9.17) is 0 Å². The Balaban J connectivity index is 4.41. The highest BCUT2D eigenvalue weighted by molar-refractivity contribution is 5.87. The molecular formula is C12H23NO2. The summed E-state index contributed by atoms with van der Waals surface area (Å²) in [4.78, 5) is 25.0. The summed E-state index contributed by atoms with van der Waals surface area (Å²) in [5, 5.41) is 0. The van der Waals surface area contributed by atoms with Gasteiger partial charge in [-0.2, -0.15) is 0 Å². The molecule has 3 nitrogen and oxygen atoms in total. The molecule has 0 atom stereocenters. The Morgan fingerprint density at radius 1 is 1.13 bits per heavy atom. The minimum absolute atomic E-state index is 0.000626. The molecular weight excluding hydrogens is 190 g/mol. The number of carbonyl (C=O) groups excluding carboxylic acids is 2. The van der Waals surface area contributed by atoms with Crippen LogP contribution in [0.2, 0.25) is 0 Å². The number of rotatable bonds is 6. The second-order valence-electron chi connectivity index (χ2n) is 4.49. The highest BCUT2D eigenvalue weighted by Gasteiger charge is 2.20. The SMILES string of the molecule is CCCC(=O)N(CC(=O)C(C)C)C(C)C. The van der Waals surface area contributed by atoms with E-state index in [-0.39, 0.29) is 30.2 Å². The summed E-state index contributed by atoms with van der Waals surface area (Å²) in [5.74, 6) is 0.218. The maximum absolute atomic E-state index is 11.7. The quantitative estimate of drug-likeness (QED) is 0.678. The van der Waals surface area contributed by atoms with E-state index in [0.717, 1.165) is 6.42 Å². The third-order valence-electron chi connectivity index (χ3n) is 2.38. The van der Waals surface area contributed by atoms with Gasteiger partial charge in [0.1, 0.15) is 0 Å². The van der Waals surface area contributed by atoms with Crippen LogP contribution in [0.1, 0.15) is 47.5 Å². The molecule has 0 aromatic carbocycles. The van der Waals surface area contributed by atoms with Gasteiger partial charge < -0.3 is 4.90 Å². The third-order valence-corrected chi connectivity index (χ3v) is 2.38. The summed E-state index contributed by atoms with van der Waals surface area (Å²) in [5.41, 5.74) is 0. The van der Waals surface area contributed by atoms with Crippen LogP contribution >= 0.6 is 0 Å². The van der Waals surface area contributed by atoms with Crippen molar-refractivity contribution < 1.29 is 9.59 Å². The molecule has 1 amide bonds. The Bertz CT molecular complexity index is 222. The molecule has 0 aliphatic heterocycles. The van der Waals surface area contributed by atoms with E-state index in [9.17, 15) is 9.59 Å². The third kappa shape index (κ3) is 4.96. The number of hydrogen-bond acceptors (Lipinski definition) is 2. The van der Waals surface area contributed by atoms with Crippen LogP contribution in [-0.2, 0) is 9.59 Å². The second kappa shape index (κ2) is 6.59. The van der Waals surface area contributed by atoms with E-state index in [1.165, 1.54) is 0 Å². The van der Waals surface area contributed by atoms with E-state index in [0.29, 0.717) is 6.42 Å². The summed E-state index contributed by atoms with van der Waals surface area (Å²) in [6.07, 6.45) is 1.36. The summed E-state index contributed by atoms with van der Waals surface area (Å²) in [7, 11) is 0. The van der Waals surface area contributed by atoms with Crippen molar-refractivity contribution in [2.45, 2.75) is 53.5 Å². The molecule has 0 aromatic heterocycles.